The molecule has 106 valence electrons. The van der Waals surface area contributed by atoms with Gasteiger partial charge in [-0.1, -0.05) is 19.1 Å². The van der Waals surface area contributed by atoms with Gasteiger partial charge in [0.1, 0.15) is 0 Å². The number of rotatable bonds is 4. The summed E-state index contributed by atoms with van der Waals surface area (Å²) in [5.74, 6) is 0. The maximum absolute atomic E-state index is 12.0. The number of benzene rings is 1. The van der Waals surface area contributed by atoms with Crippen LogP contribution in [0.2, 0.25) is 0 Å². The van der Waals surface area contributed by atoms with Crippen LogP contribution in [0.4, 0.5) is 16.2 Å². The summed E-state index contributed by atoms with van der Waals surface area (Å²) >= 11 is 1.66. The summed E-state index contributed by atoms with van der Waals surface area (Å²) in [4.78, 5) is 14.8. The van der Waals surface area contributed by atoms with E-state index in [2.05, 4.69) is 5.32 Å². The third-order valence-electron chi connectivity index (χ3n) is 3.01. The highest BCUT2D eigenvalue weighted by molar-refractivity contribution is 7.13. The summed E-state index contributed by atoms with van der Waals surface area (Å²) in [6.07, 6.45) is 0.925. The van der Waals surface area contributed by atoms with E-state index < -0.39 is 0 Å². The molecule has 2 amide bonds. The Morgan fingerprint density at radius 3 is 2.85 bits per heavy atom. The van der Waals surface area contributed by atoms with Gasteiger partial charge in [0.05, 0.1) is 11.4 Å². The highest BCUT2D eigenvalue weighted by Gasteiger charge is 2.10. The molecule has 0 radical (unpaired) electrons. The first-order valence-corrected chi connectivity index (χ1v) is 7.45. The first-order valence-electron chi connectivity index (χ1n) is 6.57. The molecule has 1 heterocycles. The Morgan fingerprint density at radius 2 is 2.20 bits per heavy atom. The normalized spacial score (nSPS) is 10.3. The van der Waals surface area contributed by atoms with Gasteiger partial charge in [-0.05, 0) is 35.6 Å². The average Bonchev–Trinajstić information content (AvgIpc) is 2.95. The van der Waals surface area contributed by atoms with E-state index in [-0.39, 0.29) is 6.03 Å². The minimum atomic E-state index is -0.137. The first kappa shape index (κ1) is 14.4. The fourth-order valence-corrected chi connectivity index (χ4v) is 2.63. The molecule has 1 aromatic heterocycles. The van der Waals surface area contributed by atoms with Gasteiger partial charge in [0.2, 0.25) is 0 Å². The van der Waals surface area contributed by atoms with Gasteiger partial charge >= 0.3 is 6.03 Å². The fraction of sp³-hybridized carbons (Fsp3) is 0.267. The van der Waals surface area contributed by atoms with Crippen LogP contribution in [0.1, 0.15) is 13.3 Å². The van der Waals surface area contributed by atoms with Crippen LogP contribution in [0.5, 0.6) is 0 Å². The SMILES string of the molecule is CCCN(C)C(=O)Nc1cc(-c2cccs2)ccc1N. The van der Waals surface area contributed by atoms with Crippen molar-refractivity contribution in [3.05, 3.63) is 35.7 Å². The number of urea groups is 1. The third-order valence-corrected chi connectivity index (χ3v) is 3.93. The minimum Gasteiger partial charge on any atom is -0.397 e. The summed E-state index contributed by atoms with van der Waals surface area (Å²) in [5, 5.41) is 4.89. The smallest absolute Gasteiger partial charge is 0.321 e. The van der Waals surface area contributed by atoms with Gasteiger partial charge in [-0.2, -0.15) is 0 Å². The van der Waals surface area contributed by atoms with Crippen molar-refractivity contribution in [2.45, 2.75) is 13.3 Å². The second-order valence-corrected chi connectivity index (χ2v) is 5.58. The van der Waals surface area contributed by atoms with E-state index in [1.807, 2.05) is 42.6 Å². The number of nitrogen functional groups attached to an aromatic ring is 1. The molecule has 2 aromatic rings. The highest BCUT2D eigenvalue weighted by Crippen LogP contribution is 2.30. The number of anilines is 2. The molecule has 3 N–H and O–H groups in total. The molecule has 0 fully saturated rings. The molecule has 2 rings (SSSR count). The summed E-state index contributed by atoms with van der Waals surface area (Å²) < 4.78 is 0. The van der Waals surface area contributed by atoms with Gasteiger partial charge in [0.25, 0.3) is 0 Å². The highest BCUT2D eigenvalue weighted by atomic mass is 32.1. The predicted molar refractivity (Wildman–Crippen MR) is 86.1 cm³/mol. The Morgan fingerprint density at radius 1 is 1.40 bits per heavy atom. The maximum Gasteiger partial charge on any atom is 0.321 e. The predicted octanol–water partition coefficient (Wildman–Crippen LogP) is 3.87. The molecule has 0 aliphatic heterocycles. The molecule has 4 nitrogen and oxygen atoms in total. The number of hydrogen-bond donors (Lipinski definition) is 2. The number of amides is 2. The Hall–Kier alpha value is -2.01. The molecular weight excluding hydrogens is 270 g/mol. The lowest BCUT2D eigenvalue weighted by molar-refractivity contribution is 0.222. The van der Waals surface area contributed by atoms with Gasteiger partial charge in [-0.25, -0.2) is 4.79 Å². The lowest BCUT2D eigenvalue weighted by Crippen LogP contribution is -2.32. The van der Waals surface area contributed by atoms with Crippen LogP contribution in [0, 0.1) is 0 Å². The second-order valence-electron chi connectivity index (χ2n) is 4.63. The number of thiophene rings is 1. The molecule has 0 aliphatic rings. The molecule has 1 aromatic carbocycles. The van der Waals surface area contributed by atoms with Crippen molar-refractivity contribution in [1.82, 2.24) is 4.90 Å². The zero-order chi connectivity index (χ0) is 14.5. The lowest BCUT2D eigenvalue weighted by atomic mass is 10.1. The van der Waals surface area contributed by atoms with Crippen molar-refractivity contribution < 1.29 is 4.79 Å². The average molecular weight is 289 g/mol. The molecular formula is C15H19N3OS. The monoisotopic (exact) mass is 289 g/mol. The van der Waals surface area contributed by atoms with Gasteiger partial charge in [-0.3, -0.25) is 0 Å². The van der Waals surface area contributed by atoms with Crippen molar-refractivity contribution in [1.29, 1.82) is 0 Å². The molecule has 0 unspecified atom stereocenters. The summed E-state index contributed by atoms with van der Waals surface area (Å²) in [5.41, 5.74) is 8.22. The third kappa shape index (κ3) is 3.30. The van der Waals surface area contributed by atoms with Crippen molar-refractivity contribution >= 4 is 28.7 Å². The van der Waals surface area contributed by atoms with Gasteiger partial charge in [-0.15, -0.1) is 11.3 Å². The number of nitrogens with two attached hydrogens (primary N) is 1. The van der Waals surface area contributed by atoms with Gasteiger partial charge in [0, 0.05) is 18.5 Å². The first-order chi connectivity index (χ1) is 9.61. The van der Waals surface area contributed by atoms with Crippen LogP contribution in [-0.4, -0.2) is 24.5 Å². The van der Waals surface area contributed by atoms with Crippen molar-refractivity contribution in [3.8, 4) is 10.4 Å². The standard InChI is InChI=1S/C15H19N3OS/c1-3-8-18(2)15(19)17-13-10-11(6-7-12(13)16)14-5-4-9-20-14/h4-7,9-10H,3,8,16H2,1-2H3,(H,17,19). The summed E-state index contributed by atoms with van der Waals surface area (Å²) in [6, 6.07) is 9.62. The van der Waals surface area contributed by atoms with E-state index in [0.717, 1.165) is 23.4 Å². The van der Waals surface area contributed by atoms with Crippen LogP contribution < -0.4 is 11.1 Å². The van der Waals surface area contributed by atoms with Crippen molar-refractivity contribution in [3.63, 3.8) is 0 Å². The van der Waals surface area contributed by atoms with Crippen molar-refractivity contribution in [2.24, 2.45) is 0 Å². The Kier molecular flexibility index (Phi) is 4.63. The number of carbonyl (C=O) groups is 1. The second kappa shape index (κ2) is 6.43. The molecule has 20 heavy (non-hydrogen) atoms. The van der Waals surface area contributed by atoms with Crippen LogP contribution in [0.15, 0.2) is 35.7 Å². The Bertz CT molecular complexity index is 581. The van der Waals surface area contributed by atoms with E-state index in [4.69, 9.17) is 5.73 Å². The molecule has 5 heteroatoms. The van der Waals surface area contributed by atoms with Crippen molar-refractivity contribution in [2.75, 3.05) is 24.6 Å². The number of carbonyl (C=O) groups excluding carboxylic acids is 1. The Balaban J connectivity index is 2.19. The molecule has 0 bridgehead atoms. The number of hydrogen-bond acceptors (Lipinski definition) is 3. The summed E-state index contributed by atoms with van der Waals surface area (Å²) in [6.45, 7) is 2.76. The lowest BCUT2D eigenvalue weighted by Gasteiger charge is -2.18. The van der Waals surface area contributed by atoms with E-state index in [9.17, 15) is 4.79 Å². The number of nitrogens with zero attached hydrogens (tertiary/aromatic N) is 1. The molecule has 0 spiro atoms. The van der Waals surface area contributed by atoms with Crippen LogP contribution >= 0.6 is 11.3 Å². The quantitative estimate of drug-likeness (QED) is 0.839. The molecule has 0 saturated heterocycles. The minimum absolute atomic E-state index is 0.137. The van der Waals surface area contributed by atoms with E-state index >= 15 is 0 Å². The van der Waals surface area contributed by atoms with E-state index in [1.165, 1.54) is 0 Å². The molecule has 0 aliphatic carbocycles. The molecule has 0 saturated carbocycles. The number of nitrogens with one attached hydrogen (secondary N) is 1. The Labute approximate surface area is 123 Å². The largest absolute Gasteiger partial charge is 0.397 e. The maximum atomic E-state index is 12.0. The summed E-state index contributed by atoms with van der Waals surface area (Å²) in [7, 11) is 1.78. The fourth-order valence-electron chi connectivity index (χ4n) is 1.91. The van der Waals surface area contributed by atoms with E-state index in [1.54, 1.807) is 23.3 Å². The molecule has 0 atom stereocenters. The topological polar surface area (TPSA) is 58.4 Å². The van der Waals surface area contributed by atoms with E-state index in [0.29, 0.717) is 11.4 Å². The zero-order valence-corrected chi connectivity index (χ0v) is 12.5. The zero-order valence-electron chi connectivity index (χ0n) is 11.7. The van der Waals surface area contributed by atoms with Crippen LogP contribution in [0.3, 0.4) is 0 Å². The van der Waals surface area contributed by atoms with Gasteiger partial charge in [0.15, 0.2) is 0 Å². The van der Waals surface area contributed by atoms with Crippen LogP contribution in [-0.2, 0) is 0 Å². The van der Waals surface area contributed by atoms with Gasteiger partial charge < -0.3 is 16.0 Å². The van der Waals surface area contributed by atoms with Crippen LogP contribution in [0.25, 0.3) is 10.4 Å².